The first-order valence-electron chi connectivity index (χ1n) is 9.57. The van der Waals surface area contributed by atoms with Crippen molar-refractivity contribution in [3.63, 3.8) is 0 Å². The van der Waals surface area contributed by atoms with Crippen LogP contribution in [0.5, 0.6) is 11.5 Å². The smallest absolute Gasteiger partial charge is 0.265 e. The third kappa shape index (κ3) is 4.63. The summed E-state index contributed by atoms with van der Waals surface area (Å²) in [5.41, 5.74) is 1.61. The van der Waals surface area contributed by atoms with Gasteiger partial charge in [-0.2, -0.15) is 0 Å². The van der Waals surface area contributed by atoms with Gasteiger partial charge in [0.2, 0.25) is 12.0 Å². The van der Waals surface area contributed by atoms with E-state index in [1.54, 1.807) is 6.07 Å². The molecule has 148 valence electrons. The number of anilines is 1. The molecule has 1 heterocycles. The number of fused-ring (bicyclic) bond motifs is 1. The maximum atomic E-state index is 12.6. The maximum absolute atomic E-state index is 12.6. The number of amides is 2. The molecule has 2 N–H and O–H groups in total. The largest absolute Gasteiger partial charge is 0.482 e. The highest BCUT2D eigenvalue weighted by molar-refractivity contribution is 5.92. The first-order valence-corrected chi connectivity index (χ1v) is 9.57. The van der Waals surface area contributed by atoms with Gasteiger partial charge in [-0.3, -0.25) is 9.59 Å². The fourth-order valence-corrected chi connectivity index (χ4v) is 2.91. The molecule has 0 saturated carbocycles. The van der Waals surface area contributed by atoms with Gasteiger partial charge in [0.1, 0.15) is 6.10 Å². The quantitative estimate of drug-likeness (QED) is 0.801. The Hall–Kier alpha value is -3.02. The van der Waals surface area contributed by atoms with Crippen molar-refractivity contribution >= 4 is 17.5 Å². The molecular formula is C22H26N2O4. The van der Waals surface area contributed by atoms with Crippen LogP contribution in [0, 0.1) is 5.92 Å². The van der Waals surface area contributed by atoms with Crippen molar-refractivity contribution in [2.45, 2.75) is 45.9 Å². The van der Waals surface area contributed by atoms with Crippen LogP contribution in [0.25, 0.3) is 0 Å². The van der Waals surface area contributed by atoms with Crippen molar-refractivity contribution in [3.05, 3.63) is 54.1 Å². The number of hydrogen-bond acceptors (Lipinski definition) is 4. The van der Waals surface area contributed by atoms with Crippen LogP contribution in [-0.2, 0) is 16.1 Å². The Labute approximate surface area is 165 Å². The predicted molar refractivity (Wildman–Crippen MR) is 107 cm³/mol. The second-order valence-corrected chi connectivity index (χ2v) is 7.02. The number of ether oxygens (including phenoxy) is 2. The first-order chi connectivity index (χ1) is 13.5. The minimum Gasteiger partial charge on any atom is -0.482 e. The van der Waals surface area contributed by atoms with Gasteiger partial charge in [0.05, 0.1) is 0 Å². The summed E-state index contributed by atoms with van der Waals surface area (Å²) in [5.74, 6) is 0.912. The van der Waals surface area contributed by atoms with Crippen molar-refractivity contribution in [1.82, 2.24) is 5.32 Å². The van der Waals surface area contributed by atoms with E-state index < -0.39 is 12.2 Å². The molecular weight excluding hydrogens is 356 g/mol. The lowest BCUT2D eigenvalue weighted by Crippen LogP contribution is -2.48. The van der Waals surface area contributed by atoms with Crippen LogP contribution in [0.4, 0.5) is 5.69 Å². The monoisotopic (exact) mass is 382 g/mol. The Kier molecular flexibility index (Phi) is 6.19. The summed E-state index contributed by atoms with van der Waals surface area (Å²) in [6, 6.07) is 14.8. The van der Waals surface area contributed by atoms with Crippen LogP contribution < -0.4 is 20.1 Å². The summed E-state index contributed by atoms with van der Waals surface area (Å²) in [4.78, 5) is 24.6. The minimum atomic E-state index is -0.719. The van der Waals surface area contributed by atoms with Gasteiger partial charge in [-0.25, -0.2) is 0 Å². The van der Waals surface area contributed by atoms with Gasteiger partial charge in [0.25, 0.3) is 5.91 Å². The zero-order chi connectivity index (χ0) is 20.1. The van der Waals surface area contributed by atoms with Crippen LogP contribution in [-0.4, -0.2) is 24.0 Å². The van der Waals surface area contributed by atoms with Crippen LogP contribution in [0.15, 0.2) is 48.5 Å². The summed E-state index contributed by atoms with van der Waals surface area (Å²) in [5, 5.41) is 5.79. The standard InChI is InChI=1S/C22H26N2O4/c1-4-14(2)21(25)24-17-9-7-8-16(12-17)13-23-22(26)20-15(3)27-18-10-5-6-11-19(18)28-20/h5-12,14-15,20H,4,13H2,1-3H3,(H,23,26)(H,24,25)/t14-,15-,20+/m0/s1. The van der Waals surface area contributed by atoms with E-state index in [4.69, 9.17) is 9.47 Å². The molecule has 2 aromatic carbocycles. The molecule has 0 saturated heterocycles. The molecule has 0 aliphatic carbocycles. The number of rotatable bonds is 6. The fraction of sp³-hybridized carbons (Fsp3) is 0.364. The average molecular weight is 382 g/mol. The lowest BCUT2D eigenvalue weighted by molar-refractivity contribution is -0.133. The molecule has 3 rings (SSSR count). The fourth-order valence-electron chi connectivity index (χ4n) is 2.91. The van der Waals surface area contributed by atoms with E-state index >= 15 is 0 Å². The van der Waals surface area contributed by atoms with E-state index in [9.17, 15) is 9.59 Å². The summed E-state index contributed by atoms with van der Waals surface area (Å²) in [7, 11) is 0. The second kappa shape index (κ2) is 8.78. The van der Waals surface area contributed by atoms with Gasteiger partial charge in [-0.1, -0.05) is 38.1 Å². The van der Waals surface area contributed by atoms with E-state index in [0.717, 1.165) is 17.7 Å². The van der Waals surface area contributed by atoms with Crippen LogP contribution in [0.3, 0.4) is 0 Å². The van der Waals surface area contributed by atoms with Gasteiger partial charge in [-0.05, 0) is 43.2 Å². The summed E-state index contributed by atoms with van der Waals surface area (Å²) in [6.07, 6.45) is -0.328. The van der Waals surface area contributed by atoms with E-state index in [1.165, 1.54) is 0 Å². The van der Waals surface area contributed by atoms with E-state index in [0.29, 0.717) is 18.0 Å². The average Bonchev–Trinajstić information content (AvgIpc) is 2.71. The Morgan fingerprint density at radius 2 is 1.79 bits per heavy atom. The van der Waals surface area contributed by atoms with Crippen LogP contribution in [0.1, 0.15) is 32.8 Å². The van der Waals surface area contributed by atoms with E-state index in [-0.39, 0.29) is 17.7 Å². The topological polar surface area (TPSA) is 76.7 Å². The second-order valence-electron chi connectivity index (χ2n) is 7.02. The summed E-state index contributed by atoms with van der Waals surface area (Å²) in [6.45, 7) is 6.02. The third-order valence-electron chi connectivity index (χ3n) is 4.82. The molecule has 1 aliphatic heterocycles. The summed E-state index contributed by atoms with van der Waals surface area (Å²) < 4.78 is 11.6. The molecule has 1 aliphatic rings. The maximum Gasteiger partial charge on any atom is 0.265 e. The van der Waals surface area contributed by atoms with E-state index in [2.05, 4.69) is 10.6 Å². The van der Waals surface area contributed by atoms with Crippen LogP contribution >= 0.6 is 0 Å². The molecule has 0 aromatic heterocycles. The lowest BCUT2D eigenvalue weighted by Gasteiger charge is -2.31. The molecule has 0 unspecified atom stereocenters. The predicted octanol–water partition coefficient (Wildman–Crippen LogP) is 3.52. The highest BCUT2D eigenvalue weighted by Crippen LogP contribution is 2.33. The molecule has 0 spiro atoms. The highest BCUT2D eigenvalue weighted by Gasteiger charge is 2.33. The van der Waals surface area contributed by atoms with Crippen LogP contribution in [0.2, 0.25) is 0 Å². The van der Waals surface area contributed by atoms with Gasteiger partial charge < -0.3 is 20.1 Å². The molecule has 0 radical (unpaired) electrons. The van der Waals surface area contributed by atoms with Gasteiger partial charge in [0.15, 0.2) is 11.5 Å². The third-order valence-corrected chi connectivity index (χ3v) is 4.82. The highest BCUT2D eigenvalue weighted by atomic mass is 16.6. The molecule has 0 bridgehead atoms. The molecule has 28 heavy (non-hydrogen) atoms. The first kappa shape index (κ1) is 19.7. The molecule has 6 heteroatoms. The lowest BCUT2D eigenvalue weighted by atomic mass is 10.1. The Morgan fingerprint density at radius 1 is 1.07 bits per heavy atom. The van der Waals surface area contributed by atoms with Crippen molar-refractivity contribution in [2.24, 2.45) is 5.92 Å². The Balaban J connectivity index is 1.59. The molecule has 2 amide bonds. The van der Waals surface area contributed by atoms with Crippen molar-refractivity contribution in [3.8, 4) is 11.5 Å². The molecule has 6 nitrogen and oxygen atoms in total. The van der Waals surface area contributed by atoms with Crippen molar-refractivity contribution < 1.29 is 19.1 Å². The summed E-state index contributed by atoms with van der Waals surface area (Å²) >= 11 is 0. The number of nitrogens with one attached hydrogen (secondary N) is 2. The molecule has 3 atom stereocenters. The number of hydrogen-bond donors (Lipinski definition) is 2. The minimum absolute atomic E-state index is 0.0102. The number of para-hydroxylation sites is 2. The molecule has 2 aromatic rings. The van der Waals surface area contributed by atoms with Crippen molar-refractivity contribution in [2.75, 3.05) is 5.32 Å². The van der Waals surface area contributed by atoms with E-state index in [1.807, 2.05) is 63.2 Å². The SMILES string of the molecule is CC[C@H](C)C(=O)Nc1cccc(CNC(=O)[C@@H]2Oc3ccccc3O[C@H]2C)c1. The number of benzene rings is 2. The van der Waals surface area contributed by atoms with Gasteiger partial charge in [0, 0.05) is 18.2 Å². The molecule has 0 fully saturated rings. The number of carbonyl (C=O) groups excluding carboxylic acids is 2. The normalized spacial score (nSPS) is 18.8. The Morgan fingerprint density at radius 3 is 2.50 bits per heavy atom. The van der Waals surface area contributed by atoms with Crippen molar-refractivity contribution in [1.29, 1.82) is 0 Å². The van der Waals surface area contributed by atoms with Gasteiger partial charge >= 0.3 is 0 Å². The zero-order valence-corrected chi connectivity index (χ0v) is 16.4. The van der Waals surface area contributed by atoms with Gasteiger partial charge in [-0.15, -0.1) is 0 Å². The Bertz CT molecular complexity index is 852. The number of carbonyl (C=O) groups is 2. The zero-order valence-electron chi connectivity index (χ0n) is 16.4.